The minimum absolute atomic E-state index is 0. The minimum atomic E-state index is -0.466. The first-order valence-corrected chi connectivity index (χ1v) is 8.50. The Hall–Kier alpha value is -1.92. The van der Waals surface area contributed by atoms with Crippen molar-refractivity contribution in [2.24, 2.45) is 5.92 Å². The highest BCUT2D eigenvalue weighted by molar-refractivity contribution is 6.30. The van der Waals surface area contributed by atoms with Crippen molar-refractivity contribution in [3.8, 4) is 0 Å². The molecule has 0 radical (unpaired) electrons. The van der Waals surface area contributed by atoms with Gasteiger partial charge in [0.1, 0.15) is 0 Å². The monoisotopic (exact) mass is 394 g/mol. The molecular formula is C19H20Cl2N2O3. The third-order valence-corrected chi connectivity index (χ3v) is 4.60. The zero-order valence-electron chi connectivity index (χ0n) is 13.9. The van der Waals surface area contributed by atoms with Crippen LogP contribution in [0.1, 0.15) is 26.3 Å². The number of carbonyl (C=O) groups excluding carboxylic acids is 2. The van der Waals surface area contributed by atoms with Gasteiger partial charge >= 0.3 is 0 Å². The number of rotatable bonds is 5. The molecule has 1 aliphatic heterocycles. The second-order valence-electron chi connectivity index (χ2n) is 6.08. The summed E-state index contributed by atoms with van der Waals surface area (Å²) in [6, 6.07) is 13.3. The van der Waals surface area contributed by atoms with Gasteiger partial charge in [-0.05, 0) is 30.3 Å². The standard InChI is InChI=1S/C19H19ClN2O3.ClH/c20-14-7-5-12(6-8-14)18(24)15-3-1-2-4-16(15)19(25)22-10-13-9-21-11-17(13)23;/h1-8,13,17,21,23H,9-11H2,(H,22,25);1H. The van der Waals surface area contributed by atoms with Crippen LogP contribution in [0.5, 0.6) is 0 Å². The largest absolute Gasteiger partial charge is 0.391 e. The highest BCUT2D eigenvalue weighted by atomic mass is 35.5. The van der Waals surface area contributed by atoms with Crippen LogP contribution in [0.25, 0.3) is 0 Å². The molecule has 26 heavy (non-hydrogen) atoms. The van der Waals surface area contributed by atoms with Gasteiger partial charge in [0.05, 0.1) is 11.7 Å². The highest BCUT2D eigenvalue weighted by Gasteiger charge is 2.26. The third-order valence-electron chi connectivity index (χ3n) is 4.35. The normalized spacial score (nSPS) is 18.8. The molecule has 1 saturated heterocycles. The molecule has 3 N–H and O–H groups in total. The number of benzene rings is 2. The topological polar surface area (TPSA) is 78.4 Å². The Morgan fingerprint density at radius 2 is 1.73 bits per heavy atom. The lowest BCUT2D eigenvalue weighted by atomic mass is 9.97. The van der Waals surface area contributed by atoms with E-state index in [1.165, 1.54) is 0 Å². The molecule has 5 nitrogen and oxygen atoms in total. The van der Waals surface area contributed by atoms with E-state index in [1.54, 1.807) is 48.5 Å². The van der Waals surface area contributed by atoms with Crippen LogP contribution in [0.15, 0.2) is 48.5 Å². The van der Waals surface area contributed by atoms with Crippen molar-refractivity contribution >= 4 is 35.7 Å². The van der Waals surface area contributed by atoms with Crippen molar-refractivity contribution in [3.63, 3.8) is 0 Å². The summed E-state index contributed by atoms with van der Waals surface area (Å²) in [7, 11) is 0. The van der Waals surface area contributed by atoms with Gasteiger partial charge in [0, 0.05) is 41.7 Å². The fourth-order valence-electron chi connectivity index (χ4n) is 2.88. The summed E-state index contributed by atoms with van der Waals surface area (Å²) in [5.74, 6) is -0.579. The molecule has 2 unspecified atom stereocenters. The summed E-state index contributed by atoms with van der Waals surface area (Å²) in [4.78, 5) is 25.3. The average molecular weight is 395 g/mol. The first-order valence-electron chi connectivity index (χ1n) is 8.12. The van der Waals surface area contributed by atoms with Crippen LogP contribution < -0.4 is 10.6 Å². The summed E-state index contributed by atoms with van der Waals surface area (Å²) in [6.45, 7) is 1.55. The molecule has 0 saturated carbocycles. The summed E-state index contributed by atoms with van der Waals surface area (Å²) in [5.41, 5.74) is 1.13. The molecule has 0 aromatic heterocycles. The molecule has 0 aliphatic carbocycles. The molecule has 1 aliphatic rings. The van der Waals surface area contributed by atoms with Crippen molar-refractivity contribution in [2.45, 2.75) is 6.10 Å². The Kier molecular flexibility index (Phi) is 7.17. The van der Waals surface area contributed by atoms with Gasteiger partial charge in [-0.2, -0.15) is 0 Å². The van der Waals surface area contributed by atoms with Crippen LogP contribution in [-0.2, 0) is 0 Å². The van der Waals surface area contributed by atoms with Gasteiger partial charge in [-0.25, -0.2) is 0 Å². The first kappa shape index (κ1) is 20.4. The molecule has 2 aromatic rings. The molecular weight excluding hydrogens is 375 g/mol. The van der Waals surface area contributed by atoms with E-state index in [4.69, 9.17) is 11.6 Å². The molecule has 2 atom stereocenters. The molecule has 0 bridgehead atoms. The van der Waals surface area contributed by atoms with E-state index in [2.05, 4.69) is 10.6 Å². The quantitative estimate of drug-likeness (QED) is 0.679. The number of carbonyl (C=O) groups is 2. The van der Waals surface area contributed by atoms with Gasteiger partial charge in [0.2, 0.25) is 0 Å². The Labute approximate surface area is 163 Å². The highest BCUT2D eigenvalue weighted by Crippen LogP contribution is 2.17. The summed E-state index contributed by atoms with van der Waals surface area (Å²) >= 11 is 5.86. The van der Waals surface area contributed by atoms with Crippen LogP contribution >= 0.6 is 24.0 Å². The molecule has 3 rings (SSSR count). The van der Waals surface area contributed by atoms with E-state index < -0.39 is 6.10 Å². The van der Waals surface area contributed by atoms with Crippen molar-refractivity contribution in [3.05, 3.63) is 70.2 Å². The lowest BCUT2D eigenvalue weighted by Crippen LogP contribution is -2.35. The Morgan fingerprint density at radius 1 is 1.08 bits per heavy atom. The zero-order chi connectivity index (χ0) is 17.8. The summed E-state index contributed by atoms with van der Waals surface area (Å²) in [5, 5.41) is 16.2. The summed E-state index contributed by atoms with van der Waals surface area (Å²) in [6.07, 6.45) is -0.466. The number of nitrogens with one attached hydrogen (secondary N) is 2. The third kappa shape index (κ3) is 4.62. The Bertz CT molecular complexity index is 781. The molecule has 1 amide bonds. The molecule has 2 aromatic carbocycles. The number of halogens is 2. The van der Waals surface area contributed by atoms with Crippen molar-refractivity contribution in [1.82, 2.24) is 10.6 Å². The van der Waals surface area contributed by atoms with Gasteiger partial charge in [-0.1, -0.05) is 29.8 Å². The van der Waals surface area contributed by atoms with Crippen LogP contribution in [0.4, 0.5) is 0 Å². The van der Waals surface area contributed by atoms with E-state index in [1.807, 2.05) is 0 Å². The number of aliphatic hydroxyl groups is 1. The first-order chi connectivity index (χ1) is 12.1. The van der Waals surface area contributed by atoms with Crippen molar-refractivity contribution in [1.29, 1.82) is 0 Å². The molecule has 0 spiro atoms. The van der Waals surface area contributed by atoms with Crippen LogP contribution in [-0.4, -0.2) is 42.5 Å². The van der Waals surface area contributed by atoms with Gasteiger partial charge < -0.3 is 15.7 Å². The lowest BCUT2D eigenvalue weighted by molar-refractivity contribution is 0.0917. The summed E-state index contributed by atoms with van der Waals surface area (Å²) < 4.78 is 0. The van der Waals surface area contributed by atoms with Crippen LogP contribution in [0, 0.1) is 5.92 Å². The van der Waals surface area contributed by atoms with Crippen molar-refractivity contribution in [2.75, 3.05) is 19.6 Å². The van der Waals surface area contributed by atoms with Crippen LogP contribution in [0.2, 0.25) is 5.02 Å². The van der Waals surface area contributed by atoms with E-state index in [0.29, 0.717) is 41.3 Å². The van der Waals surface area contributed by atoms with Gasteiger partial charge in [-0.15, -0.1) is 12.4 Å². The molecule has 1 heterocycles. The molecule has 138 valence electrons. The van der Waals surface area contributed by atoms with Gasteiger partial charge in [0.25, 0.3) is 5.91 Å². The number of ketones is 1. The number of hydrogen-bond acceptors (Lipinski definition) is 4. The maximum absolute atomic E-state index is 12.7. The maximum atomic E-state index is 12.7. The SMILES string of the molecule is Cl.O=C(NCC1CNCC1O)c1ccccc1C(=O)c1ccc(Cl)cc1. The smallest absolute Gasteiger partial charge is 0.252 e. The van der Waals surface area contributed by atoms with E-state index in [9.17, 15) is 14.7 Å². The van der Waals surface area contributed by atoms with Crippen LogP contribution in [0.3, 0.4) is 0 Å². The molecule has 1 fully saturated rings. The maximum Gasteiger partial charge on any atom is 0.252 e. The van der Waals surface area contributed by atoms with E-state index in [-0.39, 0.29) is 30.0 Å². The van der Waals surface area contributed by atoms with E-state index >= 15 is 0 Å². The fraction of sp³-hybridized carbons (Fsp3) is 0.263. The molecule has 7 heteroatoms. The zero-order valence-corrected chi connectivity index (χ0v) is 15.5. The predicted octanol–water partition coefficient (Wildman–Crippen LogP) is 2.30. The number of β-amino-alcohol motifs (C(OH)–C–C–N with tert-alkyl or cyclic N) is 1. The second kappa shape index (κ2) is 9.14. The van der Waals surface area contributed by atoms with Gasteiger partial charge in [-0.3, -0.25) is 9.59 Å². The van der Waals surface area contributed by atoms with E-state index in [0.717, 1.165) is 0 Å². The Balaban J connectivity index is 0.00000243. The minimum Gasteiger partial charge on any atom is -0.391 e. The number of hydrogen-bond donors (Lipinski definition) is 3. The Morgan fingerprint density at radius 3 is 2.35 bits per heavy atom. The average Bonchev–Trinajstić information content (AvgIpc) is 3.04. The second-order valence-corrected chi connectivity index (χ2v) is 6.51. The van der Waals surface area contributed by atoms with Gasteiger partial charge in [0.15, 0.2) is 5.78 Å². The lowest BCUT2D eigenvalue weighted by Gasteiger charge is -2.15. The number of aliphatic hydroxyl groups excluding tert-OH is 1. The fourth-order valence-corrected chi connectivity index (χ4v) is 3.01. The predicted molar refractivity (Wildman–Crippen MR) is 103 cm³/mol. The number of amides is 1. The van der Waals surface area contributed by atoms with Crippen molar-refractivity contribution < 1.29 is 14.7 Å².